The van der Waals surface area contributed by atoms with Crippen LogP contribution in [0.5, 0.6) is 0 Å². The van der Waals surface area contributed by atoms with Gasteiger partial charge in [0.05, 0.1) is 0 Å². The molecule has 14 heavy (non-hydrogen) atoms. The third-order valence-corrected chi connectivity index (χ3v) is 3.76. The molecule has 1 aromatic heterocycles. The van der Waals surface area contributed by atoms with E-state index < -0.39 is 0 Å². The van der Waals surface area contributed by atoms with Crippen molar-refractivity contribution < 1.29 is 4.74 Å². The summed E-state index contributed by atoms with van der Waals surface area (Å²) in [5.74, 6) is 0. The highest BCUT2D eigenvalue weighted by Crippen LogP contribution is 2.16. The highest BCUT2D eigenvalue weighted by atomic mass is 32.1. The van der Waals surface area contributed by atoms with Gasteiger partial charge in [-0.3, -0.25) is 0 Å². The van der Waals surface area contributed by atoms with Gasteiger partial charge in [-0.05, 0) is 36.8 Å². The van der Waals surface area contributed by atoms with Gasteiger partial charge in [0.25, 0.3) is 0 Å². The number of aryl methyl sites for hydroxylation is 1. The monoisotopic (exact) mass is 211 g/mol. The van der Waals surface area contributed by atoms with E-state index in [1.807, 2.05) is 11.3 Å². The van der Waals surface area contributed by atoms with Crippen LogP contribution < -0.4 is 5.32 Å². The minimum Gasteiger partial charge on any atom is -0.381 e. The topological polar surface area (TPSA) is 21.3 Å². The molecule has 0 amide bonds. The maximum absolute atomic E-state index is 5.32. The van der Waals surface area contributed by atoms with Crippen LogP contribution in [0.3, 0.4) is 0 Å². The number of hydrogen-bond donors (Lipinski definition) is 1. The van der Waals surface area contributed by atoms with Crippen LogP contribution in [-0.2, 0) is 11.3 Å². The average molecular weight is 211 g/mol. The van der Waals surface area contributed by atoms with E-state index in [0.29, 0.717) is 6.04 Å². The molecule has 1 N–H and O–H groups in total. The van der Waals surface area contributed by atoms with Gasteiger partial charge in [-0.25, -0.2) is 0 Å². The first kappa shape index (κ1) is 10.1. The Morgan fingerprint density at radius 3 is 2.93 bits per heavy atom. The molecule has 2 heterocycles. The Kier molecular flexibility index (Phi) is 3.56. The van der Waals surface area contributed by atoms with E-state index >= 15 is 0 Å². The molecule has 0 bridgehead atoms. The first-order chi connectivity index (χ1) is 6.86. The van der Waals surface area contributed by atoms with Crippen molar-refractivity contribution in [1.82, 2.24) is 5.32 Å². The van der Waals surface area contributed by atoms with E-state index in [-0.39, 0.29) is 0 Å². The summed E-state index contributed by atoms with van der Waals surface area (Å²) in [6.45, 7) is 5.04. The fraction of sp³-hybridized carbons (Fsp3) is 0.636. The van der Waals surface area contributed by atoms with Crippen molar-refractivity contribution in [2.24, 2.45) is 0 Å². The molecule has 1 aliphatic heterocycles. The summed E-state index contributed by atoms with van der Waals surface area (Å²) in [5.41, 5.74) is 1.41. The smallest absolute Gasteiger partial charge is 0.0480 e. The molecule has 3 heteroatoms. The number of nitrogens with one attached hydrogen (secondary N) is 1. The first-order valence-corrected chi connectivity index (χ1v) is 6.08. The molecule has 0 saturated carbocycles. The zero-order valence-corrected chi connectivity index (χ0v) is 9.40. The Morgan fingerprint density at radius 1 is 1.50 bits per heavy atom. The molecule has 1 fully saturated rings. The minimum absolute atomic E-state index is 0.658. The number of rotatable bonds is 3. The molecular formula is C11H17NOS. The maximum atomic E-state index is 5.32. The second kappa shape index (κ2) is 4.91. The summed E-state index contributed by atoms with van der Waals surface area (Å²) < 4.78 is 5.32. The van der Waals surface area contributed by atoms with Crippen molar-refractivity contribution >= 4 is 11.3 Å². The Bertz CT molecular complexity index is 279. The van der Waals surface area contributed by atoms with Crippen LogP contribution in [0.2, 0.25) is 0 Å². The number of ether oxygens (including phenoxy) is 1. The molecule has 2 rings (SSSR count). The fourth-order valence-corrected chi connectivity index (χ4v) is 2.58. The van der Waals surface area contributed by atoms with Crippen LogP contribution >= 0.6 is 11.3 Å². The maximum Gasteiger partial charge on any atom is 0.0480 e. The zero-order chi connectivity index (χ0) is 9.80. The second-order valence-electron chi connectivity index (χ2n) is 3.79. The normalized spacial score (nSPS) is 18.6. The van der Waals surface area contributed by atoms with Crippen LogP contribution in [-0.4, -0.2) is 19.3 Å². The van der Waals surface area contributed by atoms with E-state index in [1.165, 1.54) is 10.4 Å². The van der Waals surface area contributed by atoms with Gasteiger partial charge in [0, 0.05) is 30.7 Å². The molecule has 1 aromatic rings. The van der Waals surface area contributed by atoms with Crippen molar-refractivity contribution in [3.63, 3.8) is 0 Å². The summed E-state index contributed by atoms with van der Waals surface area (Å²) in [4.78, 5) is 1.47. The van der Waals surface area contributed by atoms with Gasteiger partial charge in [0.2, 0.25) is 0 Å². The van der Waals surface area contributed by atoms with Crippen molar-refractivity contribution in [2.75, 3.05) is 13.2 Å². The quantitative estimate of drug-likeness (QED) is 0.828. The van der Waals surface area contributed by atoms with Crippen LogP contribution in [0.4, 0.5) is 0 Å². The molecule has 78 valence electrons. The second-order valence-corrected chi connectivity index (χ2v) is 4.80. The van der Waals surface area contributed by atoms with Crippen molar-refractivity contribution in [3.8, 4) is 0 Å². The van der Waals surface area contributed by atoms with Crippen LogP contribution in [0, 0.1) is 6.92 Å². The Balaban J connectivity index is 1.79. The highest BCUT2D eigenvalue weighted by Gasteiger charge is 2.13. The first-order valence-electron chi connectivity index (χ1n) is 5.20. The van der Waals surface area contributed by atoms with E-state index in [0.717, 1.165) is 32.6 Å². The van der Waals surface area contributed by atoms with E-state index in [1.54, 1.807) is 0 Å². The molecule has 0 aromatic carbocycles. The predicted molar refractivity (Wildman–Crippen MR) is 59.7 cm³/mol. The summed E-state index contributed by atoms with van der Waals surface area (Å²) in [6, 6.07) is 2.84. The van der Waals surface area contributed by atoms with Crippen LogP contribution in [0.15, 0.2) is 11.4 Å². The van der Waals surface area contributed by atoms with Crippen molar-refractivity contribution in [3.05, 3.63) is 21.9 Å². The summed E-state index contributed by atoms with van der Waals surface area (Å²) >= 11 is 1.84. The van der Waals surface area contributed by atoms with Gasteiger partial charge >= 0.3 is 0 Å². The molecule has 0 spiro atoms. The lowest BCUT2D eigenvalue weighted by Gasteiger charge is -2.23. The molecule has 1 aliphatic rings. The molecule has 0 aliphatic carbocycles. The third-order valence-electron chi connectivity index (χ3n) is 2.74. The number of hydrogen-bond acceptors (Lipinski definition) is 3. The third kappa shape index (κ3) is 2.56. The standard InChI is InChI=1S/C11H17NOS/c1-9-4-7-14-11(9)8-12-10-2-5-13-6-3-10/h4,7,10,12H,2-3,5-6,8H2,1H3. The molecule has 0 radical (unpaired) electrons. The van der Waals surface area contributed by atoms with Crippen molar-refractivity contribution in [1.29, 1.82) is 0 Å². The number of thiophene rings is 1. The minimum atomic E-state index is 0.658. The van der Waals surface area contributed by atoms with Gasteiger partial charge in [-0.1, -0.05) is 0 Å². The predicted octanol–water partition coefficient (Wildman–Crippen LogP) is 2.33. The molecule has 0 unspecified atom stereocenters. The van der Waals surface area contributed by atoms with E-state index in [2.05, 4.69) is 23.7 Å². The van der Waals surface area contributed by atoms with E-state index in [9.17, 15) is 0 Å². The summed E-state index contributed by atoms with van der Waals surface area (Å²) in [6.07, 6.45) is 2.31. The fourth-order valence-electron chi connectivity index (χ4n) is 1.72. The van der Waals surface area contributed by atoms with Crippen LogP contribution in [0.25, 0.3) is 0 Å². The van der Waals surface area contributed by atoms with Gasteiger partial charge in [0.1, 0.15) is 0 Å². The van der Waals surface area contributed by atoms with Gasteiger partial charge in [-0.2, -0.15) is 0 Å². The van der Waals surface area contributed by atoms with Gasteiger partial charge in [0.15, 0.2) is 0 Å². The lowest BCUT2D eigenvalue weighted by atomic mass is 10.1. The molecule has 0 atom stereocenters. The molecule has 2 nitrogen and oxygen atoms in total. The lowest BCUT2D eigenvalue weighted by molar-refractivity contribution is 0.0776. The summed E-state index contributed by atoms with van der Waals surface area (Å²) in [5, 5.41) is 5.76. The van der Waals surface area contributed by atoms with Crippen LogP contribution in [0.1, 0.15) is 23.3 Å². The highest BCUT2D eigenvalue weighted by molar-refractivity contribution is 7.10. The van der Waals surface area contributed by atoms with Gasteiger partial charge < -0.3 is 10.1 Å². The average Bonchev–Trinajstić information content (AvgIpc) is 2.63. The SMILES string of the molecule is Cc1ccsc1CNC1CCOCC1. The summed E-state index contributed by atoms with van der Waals surface area (Å²) in [7, 11) is 0. The van der Waals surface area contributed by atoms with E-state index in [4.69, 9.17) is 4.74 Å². The van der Waals surface area contributed by atoms with Crippen molar-refractivity contribution in [2.45, 2.75) is 32.4 Å². The van der Waals surface area contributed by atoms with Gasteiger partial charge in [-0.15, -0.1) is 11.3 Å². The zero-order valence-electron chi connectivity index (χ0n) is 8.58. The molecular weight excluding hydrogens is 194 g/mol. The Morgan fingerprint density at radius 2 is 2.29 bits per heavy atom. The largest absolute Gasteiger partial charge is 0.381 e. The Labute approximate surface area is 89.3 Å². The lowest BCUT2D eigenvalue weighted by Crippen LogP contribution is -2.34. The Hall–Kier alpha value is -0.380. The molecule has 1 saturated heterocycles.